The molecule has 3 rings (SSSR count). The zero-order chi connectivity index (χ0) is 17.6. The molecule has 0 spiro atoms. The lowest BCUT2D eigenvalue weighted by atomic mass is 10.1. The molecule has 4 heteroatoms. The Balaban J connectivity index is 1.65. The van der Waals surface area contributed by atoms with Crippen LogP contribution in [0, 0.1) is 6.92 Å². The van der Waals surface area contributed by atoms with Crippen LogP contribution in [-0.4, -0.2) is 29.8 Å². The van der Waals surface area contributed by atoms with Crippen molar-refractivity contribution in [2.45, 2.75) is 32.7 Å². The van der Waals surface area contributed by atoms with Gasteiger partial charge in [0, 0.05) is 30.8 Å². The third kappa shape index (κ3) is 4.47. The smallest absolute Gasteiger partial charge is 0.253 e. The molecule has 0 unspecified atom stereocenters. The molecule has 25 heavy (non-hydrogen) atoms. The average molecular weight is 336 g/mol. The van der Waals surface area contributed by atoms with E-state index in [9.17, 15) is 9.59 Å². The monoisotopic (exact) mass is 336 g/mol. The molecule has 1 N–H and O–H groups in total. The summed E-state index contributed by atoms with van der Waals surface area (Å²) in [7, 11) is 0. The molecule has 2 aromatic rings. The summed E-state index contributed by atoms with van der Waals surface area (Å²) in [5.41, 5.74) is 3.34. The Bertz CT molecular complexity index is 764. The Labute approximate surface area is 148 Å². The van der Waals surface area contributed by atoms with E-state index in [4.69, 9.17) is 0 Å². The molecule has 1 saturated heterocycles. The number of hydrogen-bond acceptors (Lipinski definition) is 2. The van der Waals surface area contributed by atoms with Gasteiger partial charge in [-0.05, 0) is 49.9 Å². The fourth-order valence-electron chi connectivity index (χ4n) is 3.18. The van der Waals surface area contributed by atoms with Crippen LogP contribution in [0.3, 0.4) is 0 Å². The van der Waals surface area contributed by atoms with Crippen LogP contribution < -0.4 is 5.32 Å². The van der Waals surface area contributed by atoms with Crippen molar-refractivity contribution >= 4 is 11.8 Å². The molecule has 1 fully saturated rings. The second-order valence-corrected chi connectivity index (χ2v) is 6.61. The van der Waals surface area contributed by atoms with Gasteiger partial charge < -0.3 is 10.2 Å². The SMILES string of the molecule is Cc1cccc(CNC(=O)c2cccc(C(=O)N3CCCCC3)c2)c1. The van der Waals surface area contributed by atoms with E-state index in [2.05, 4.69) is 11.4 Å². The molecule has 1 aliphatic rings. The number of carbonyl (C=O) groups is 2. The van der Waals surface area contributed by atoms with E-state index in [1.807, 2.05) is 30.0 Å². The Morgan fingerprint density at radius 1 is 0.960 bits per heavy atom. The van der Waals surface area contributed by atoms with E-state index in [1.165, 1.54) is 12.0 Å². The van der Waals surface area contributed by atoms with E-state index < -0.39 is 0 Å². The van der Waals surface area contributed by atoms with Crippen LogP contribution in [0.25, 0.3) is 0 Å². The van der Waals surface area contributed by atoms with Crippen molar-refractivity contribution in [1.29, 1.82) is 0 Å². The second-order valence-electron chi connectivity index (χ2n) is 6.61. The number of carbonyl (C=O) groups excluding carboxylic acids is 2. The number of nitrogens with zero attached hydrogens (tertiary/aromatic N) is 1. The predicted molar refractivity (Wildman–Crippen MR) is 98.5 cm³/mol. The zero-order valence-electron chi connectivity index (χ0n) is 14.6. The molecule has 1 aliphatic heterocycles. The lowest BCUT2D eigenvalue weighted by molar-refractivity contribution is 0.0724. The molecule has 0 radical (unpaired) electrons. The maximum atomic E-state index is 12.6. The number of hydrogen-bond donors (Lipinski definition) is 1. The Hall–Kier alpha value is -2.62. The first-order valence-corrected chi connectivity index (χ1v) is 8.86. The highest BCUT2D eigenvalue weighted by Gasteiger charge is 2.19. The summed E-state index contributed by atoms with van der Waals surface area (Å²) in [6, 6.07) is 15.1. The van der Waals surface area contributed by atoms with Gasteiger partial charge >= 0.3 is 0 Å². The zero-order valence-corrected chi connectivity index (χ0v) is 14.6. The highest BCUT2D eigenvalue weighted by atomic mass is 16.2. The fraction of sp³-hybridized carbons (Fsp3) is 0.333. The topological polar surface area (TPSA) is 49.4 Å². The van der Waals surface area contributed by atoms with Gasteiger partial charge in [0.25, 0.3) is 11.8 Å². The predicted octanol–water partition coefficient (Wildman–Crippen LogP) is 3.55. The van der Waals surface area contributed by atoms with E-state index in [0.29, 0.717) is 17.7 Å². The average Bonchev–Trinajstić information content (AvgIpc) is 2.66. The quantitative estimate of drug-likeness (QED) is 0.928. The molecule has 0 aliphatic carbocycles. The van der Waals surface area contributed by atoms with Gasteiger partial charge in [0.1, 0.15) is 0 Å². The minimum Gasteiger partial charge on any atom is -0.348 e. The van der Waals surface area contributed by atoms with Crippen LogP contribution in [0.4, 0.5) is 0 Å². The van der Waals surface area contributed by atoms with E-state index in [0.717, 1.165) is 31.5 Å². The van der Waals surface area contributed by atoms with Gasteiger partial charge in [0.15, 0.2) is 0 Å². The third-order valence-electron chi connectivity index (χ3n) is 4.55. The Kier molecular flexibility index (Phi) is 5.49. The number of rotatable bonds is 4. The van der Waals surface area contributed by atoms with Crippen molar-refractivity contribution in [2.75, 3.05) is 13.1 Å². The van der Waals surface area contributed by atoms with Crippen molar-refractivity contribution in [3.63, 3.8) is 0 Å². The number of nitrogens with one attached hydrogen (secondary N) is 1. The van der Waals surface area contributed by atoms with Crippen molar-refractivity contribution in [2.24, 2.45) is 0 Å². The van der Waals surface area contributed by atoms with Crippen molar-refractivity contribution in [3.8, 4) is 0 Å². The van der Waals surface area contributed by atoms with Gasteiger partial charge in [-0.15, -0.1) is 0 Å². The summed E-state index contributed by atoms with van der Waals surface area (Å²) in [5, 5.41) is 2.92. The summed E-state index contributed by atoms with van der Waals surface area (Å²) in [5.74, 6) is -0.136. The van der Waals surface area contributed by atoms with Crippen molar-refractivity contribution in [1.82, 2.24) is 10.2 Å². The van der Waals surface area contributed by atoms with E-state index >= 15 is 0 Å². The number of benzene rings is 2. The molecule has 2 aromatic carbocycles. The molecule has 2 amide bonds. The van der Waals surface area contributed by atoms with Gasteiger partial charge in [-0.2, -0.15) is 0 Å². The molecule has 130 valence electrons. The second kappa shape index (κ2) is 7.97. The number of aryl methyl sites for hydroxylation is 1. The van der Waals surface area contributed by atoms with Crippen LogP contribution in [-0.2, 0) is 6.54 Å². The first-order chi connectivity index (χ1) is 12.1. The minimum absolute atomic E-state index is 0.0213. The Morgan fingerprint density at radius 2 is 1.68 bits per heavy atom. The molecule has 1 heterocycles. The van der Waals surface area contributed by atoms with E-state index in [-0.39, 0.29) is 11.8 Å². The van der Waals surface area contributed by atoms with Crippen LogP contribution in [0.1, 0.15) is 51.1 Å². The highest BCUT2D eigenvalue weighted by molar-refractivity contribution is 5.99. The van der Waals surface area contributed by atoms with Crippen molar-refractivity contribution in [3.05, 3.63) is 70.8 Å². The molecule has 0 bridgehead atoms. The van der Waals surface area contributed by atoms with Crippen LogP contribution in [0.5, 0.6) is 0 Å². The summed E-state index contributed by atoms with van der Waals surface area (Å²) < 4.78 is 0. The maximum absolute atomic E-state index is 12.6. The maximum Gasteiger partial charge on any atom is 0.253 e. The van der Waals surface area contributed by atoms with Crippen molar-refractivity contribution < 1.29 is 9.59 Å². The van der Waals surface area contributed by atoms with Crippen LogP contribution in [0.15, 0.2) is 48.5 Å². The van der Waals surface area contributed by atoms with Gasteiger partial charge in [-0.1, -0.05) is 35.9 Å². The lowest BCUT2D eigenvalue weighted by Crippen LogP contribution is -2.35. The lowest BCUT2D eigenvalue weighted by Gasteiger charge is -2.26. The number of piperidine rings is 1. The largest absolute Gasteiger partial charge is 0.348 e. The number of amides is 2. The molecule has 0 atom stereocenters. The van der Waals surface area contributed by atoms with Crippen LogP contribution >= 0.6 is 0 Å². The summed E-state index contributed by atoms with van der Waals surface area (Å²) >= 11 is 0. The summed E-state index contributed by atoms with van der Waals surface area (Å²) in [6.45, 7) is 4.12. The fourth-order valence-corrected chi connectivity index (χ4v) is 3.18. The van der Waals surface area contributed by atoms with Gasteiger partial charge in [-0.25, -0.2) is 0 Å². The minimum atomic E-state index is -0.158. The first kappa shape index (κ1) is 17.2. The van der Waals surface area contributed by atoms with Gasteiger partial charge in [-0.3, -0.25) is 9.59 Å². The molecule has 0 saturated carbocycles. The Morgan fingerprint density at radius 3 is 2.44 bits per heavy atom. The standard InChI is InChI=1S/C21H24N2O2/c1-16-7-5-8-17(13-16)15-22-20(24)18-9-6-10-19(14-18)21(25)23-11-3-2-4-12-23/h5-10,13-14H,2-4,11-12,15H2,1H3,(H,22,24). The van der Waals surface area contributed by atoms with E-state index in [1.54, 1.807) is 24.3 Å². The molecular weight excluding hydrogens is 312 g/mol. The third-order valence-corrected chi connectivity index (χ3v) is 4.55. The number of likely N-dealkylation sites (tertiary alicyclic amines) is 1. The van der Waals surface area contributed by atoms with Gasteiger partial charge in [0.05, 0.1) is 0 Å². The molecule has 0 aromatic heterocycles. The van der Waals surface area contributed by atoms with Crippen LogP contribution in [0.2, 0.25) is 0 Å². The first-order valence-electron chi connectivity index (χ1n) is 8.86. The highest BCUT2D eigenvalue weighted by Crippen LogP contribution is 2.14. The normalized spacial score (nSPS) is 14.2. The molecule has 4 nitrogen and oxygen atoms in total. The summed E-state index contributed by atoms with van der Waals surface area (Å²) in [6.07, 6.45) is 3.30. The summed E-state index contributed by atoms with van der Waals surface area (Å²) in [4.78, 5) is 26.9. The molecular formula is C21H24N2O2. The van der Waals surface area contributed by atoms with Gasteiger partial charge in [0.2, 0.25) is 0 Å².